The van der Waals surface area contributed by atoms with Crippen molar-refractivity contribution in [3.8, 4) is 0 Å². The molecule has 19 heavy (non-hydrogen) atoms. The van der Waals surface area contributed by atoms with E-state index < -0.39 is 18.1 Å². The molecule has 1 aromatic heterocycles. The van der Waals surface area contributed by atoms with Crippen molar-refractivity contribution in [2.45, 2.75) is 25.9 Å². The first kappa shape index (κ1) is 13.9. The number of likely N-dealkylation sites (tertiary alicyclic amines) is 1. The van der Waals surface area contributed by atoms with Crippen LogP contribution >= 0.6 is 11.3 Å². The number of alkyl halides is 1. The zero-order chi connectivity index (χ0) is 14.0. The van der Waals surface area contributed by atoms with E-state index in [1.54, 1.807) is 0 Å². The zero-order valence-electron chi connectivity index (χ0n) is 10.5. The summed E-state index contributed by atoms with van der Waals surface area (Å²) in [4.78, 5) is 28.3. The molecule has 1 N–H and O–H groups in total. The van der Waals surface area contributed by atoms with E-state index in [4.69, 9.17) is 5.11 Å². The van der Waals surface area contributed by atoms with Crippen LogP contribution in [0.15, 0.2) is 5.38 Å². The van der Waals surface area contributed by atoms with Crippen molar-refractivity contribution in [3.63, 3.8) is 0 Å². The Morgan fingerprint density at radius 1 is 1.68 bits per heavy atom. The summed E-state index contributed by atoms with van der Waals surface area (Å²) in [6.07, 6.45) is -1.30. The molecule has 0 aromatic carbocycles. The lowest BCUT2D eigenvalue weighted by Gasteiger charge is -2.16. The number of thiazole rings is 1. The summed E-state index contributed by atoms with van der Waals surface area (Å²) < 4.78 is 13.3. The van der Waals surface area contributed by atoms with Crippen LogP contribution in [-0.4, -0.2) is 46.1 Å². The van der Waals surface area contributed by atoms with Crippen LogP contribution in [0.2, 0.25) is 0 Å². The third-order valence-corrected chi connectivity index (χ3v) is 4.05. The molecule has 1 fully saturated rings. The molecule has 2 unspecified atom stereocenters. The standard InChI is InChI=1S/C12H15FN2O3S/c1-7-14-9(6-19-7)4-10(16)15-3-2-8(5-15)11(13)12(17)18/h6,8,11H,2-5H2,1H3,(H,17,18). The lowest BCUT2D eigenvalue weighted by molar-refractivity contribution is -0.145. The van der Waals surface area contributed by atoms with Crippen LogP contribution in [0.5, 0.6) is 0 Å². The van der Waals surface area contributed by atoms with Gasteiger partial charge in [-0.3, -0.25) is 4.79 Å². The number of hydrogen-bond acceptors (Lipinski definition) is 4. The number of carbonyl (C=O) groups is 2. The van der Waals surface area contributed by atoms with Gasteiger partial charge >= 0.3 is 5.97 Å². The highest BCUT2D eigenvalue weighted by atomic mass is 32.1. The summed E-state index contributed by atoms with van der Waals surface area (Å²) in [6.45, 7) is 2.46. The van der Waals surface area contributed by atoms with Gasteiger partial charge in [0.05, 0.1) is 17.1 Å². The van der Waals surface area contributed by atoms with Crippen LogP contribution in [-0.2, 0) is 16.0 Å². The maximum atomic E-state index is 13.3. The van der Waals surface area contributed by atoms with Crippen molar-refractivity contribution in [2.75, 3.05) is 13.1 Å². The molecule has 0 saturated carbocycles. The Bertz CT molecular complexity index is 491. The predicted octanol–water partition coefficient (Wildman–Crippen LogP) is 1.27. The number of nitrogens with zero attached hydrogens (tertiary/aromatic N) is 2. The minimum Gasteiger partial charge on any atom is -0.479 e. The fourth-order valence-corrected chi connectivity index (χ4v) is 2.82. The molecule has 1 amide bonds. The van der Waals surface area contributed by atoms with E-state index >= 15 is 0 Å². The normalized spacial score (nSPS) is 20.5. The van der Waals surface area contributed by atoms with Gasteiger partial charge < -0.3 is 10.0 Å². The molecule has 104 valence electrons. The van der Waals surface area contributed by atoms with Crippen molar-refractivity contribution >= 4 is 23.2 Å². The Morgan fingerprint density at radius 2 is 2.42 bits per heavy atom. The zero-order valence-corrected chi connectivity index (χ0v) is 11.3. The fourth-order valence-electron chi connectivity index (χ4n) is 2.21. The number of aryl methyl sites for hydroxylation is 1. The van der Waals surface area contributed by atoms with Gasteiger partial charge in [-0.15, -0.1) is 11.3 Å². The highest BCUT2D eigenvalue weighted by Crippen LogP contribution is 2.23. The van der Waals surface area contributed by atoms with Gasteiger partial charge in [0.25, 0.3) is 0 Å². The minimum absolute atomic E-state index is 0.120. The molecule has 2 atom stereocenters. The number of rotatable bonds is 4. The lowest BCUT2D eigenvalue weighted by atomic mass is 10.0. The van der Waals surface area contributed by atoms with E-state index in [-0.39, 0.29) is 18.9 Å². The molecule has 1 aromatic rings. The second kappa shape index (κ2) is 5.64. The Balaban J connectivity index is 1.90. The van der Waals surface area contributed by atoms with Crippen LogP contribution < -0.4 is 0 Å². The third-order valence-electron chi connectivity index (χ3n) is 3.23. The molecule has 5 nitrogen and oxygen atoms in total. The summed E-state index contributed by atoms with van der Waals surface area (Å²) in [5, 5.41) is 11.3. The summed E-state index contributed by atoms with van der Waals surface area (Å²) >= 11 is 1.48. The SMILES string of the molecule is Cc1nc(CC(=O)N2CCC(C(F)C(=O)O)C2)cs1. The smallest absolute Gasteiger partial charge is 0.338 e. The van der Waals surface area contributed by atoms with Crippen LogP contribution in [0.3, 0.4) is 0 Å². The molecule has 1 aliphatic rings. The van der Waals surface area contributed by atoms with Gasteiger partial charge in [0.1, 0.15) is 0 Å². The number of amides is 1. The van der Waals surface area contributed by atoms with Gasteiger partial charge in [0, 0.05) is 24.4 Å². The molecule has 1 saturated heterocycles. The Hall–Kier alpha value is -1.50. The minimum atomic E-state index is -1.89. The average Bonchev–Trinajstić information content (AvgIpc) is 2.97. The largest absolute Gasteiger partial charge is 0.479 e. The van der Waals surface area contributed by atoms with E-state index in [0.717, 1.165) is 5.01 Å². The molecule has 7 heteroatoms. The number of hydrogen-bond donors (Lipinski definition) is 1. The van der Waals surface area contributed by atoms with Gasteiger partial charge in [-0.25, -0.2) is 14.2 Å². The number of carbonyl (C=O) groups excluding carboxylic acids is 1. The fraction of sp³-hybridized carbons (Fsp3) is 0.583. The molecule has 2 heterocycles. The van der Waals surface area contributed by atoms with Crippen molar-refractivity contribution in [3.05, 3.63) is 16.1 Å². The predicted molar refractivity (Wildman–Crippen MR) is 67.8 cm³/mol. The molecule has 1 aliphatic heterocycles. The second-order valence-corrected chi connectivity index (χ2v) is 5.73. The Morgan fingerprint density at radius 3 is 3.00 bits per heavy atom. The molecule has 0 aliphatic carbocycles. The number of carboxylic acid groups (broad SMARTS) is 1. The number of halogens is 1. The summed E-state index contributed by atoms with van der Waals surface area (Å²) in [6, 6.07) is 0. The van der Waals surface area contributed by atoms with Crippen molar-refractivity contribution in [1.82, 2.24) is 9.88 Å². The van der Waals surface area contributed by atoms with Crippen LogP contribution in [0.4, 0.5) is 4.39 Å². The molecular weight excluding hydrogens is 271 g/mol. The van der Waals surface area contributed by atoms with Crippen molar-refractivity contribution in [1.29, 1.82) is 0 Å². The first-order valence-electron chi connectivity index (χ1n) is 6.03. The number of aromatic nitrogens is 1. The van der Waals surface area contributed by atoms with Crippen molar-refractivity contribution in [2.24, 2.45) is 5.92 Å². The van der Waals surface area contributed by atoms with Crippen LogP contribution in [0.1, 0.15) is 17.1 Å². The van der Waals surface area contributed by atoms with Gasteiger partial charge in [-0.1, -0.05) is 0 Å². The first-order valence-corrected chi connectivity index (χ1v) is 6.91. The molecule has 2 rings (SSSR count). The molecule has 0 spiro atoms. The molecular formula is C12H15FN2O3S. The van der Waals surface area contributed by atoms with E-state index in [1.165, 1.54) is 16.2 Å². The number of aliphatic carboxylic acids is 1. The maximum Gasteiger partial charge on any atom is 0.338 e. The highest BCUT2D eigenvalue weighted by molar-refractivity contribution is 7.09. The highest BCUT2D eigenvalue weighted by Gasteiger charge is 2.35. The first-order chi connectivity index (χ1) is 8.97. The van der Waals surface area contributed by atoms with Crippen molar-refractivity contribution < 1.29 is 19.1 Å². The van der Waals surface area contributed by atoms with E-state index in [2.05, 4.69) is 4.98 Å². The van der Waals surface area contributed by atoms with Gasteiger partial charge in [0.15, 0.2) is 0 Å². The van der Waals surface area contributed by atoms with E-state index in [0.29, 0.717) is 18.7 Å². The summed E-state index contributed by atoms with van der Waals surface area (Å²) in [7, 11) is 0. The maximum absolute atomic E-state index is 13.3. The van der Waals surface area contributed by atoms with E-state index in [9.17, 15) is 14.0 Å². The summed E-state index contributed by atoms with van der Waals surface area (Å²) in [5.74, 6) is -2.17. The molecule has 0 radical (unpaired) electrons. The lowest BCUT2D eigenvalue weighted by Crippen LogP contribution is -2.33. The van der Waals surface area contributed by atoms with Crippen LogP contribution in [0.25, 0.3) is 0 Å². The Labute approximate surface area is 114 Å². The molecule has 0 bridgehead atoms. The van der Waals surface area contributed by atoms with Gasteiger partial charge in [-0.05, 0) is 13.3 Å². The third kappa shape index (κ3) is 3.28. The summed E-state index contributed by atoms with van der Waals surface area (Å²) in [5.41, 5.74) is 0.714. The second-order valence-electron chi connectivity index (χ2n) is 4.66. The number of carboxylic acids is 1. The van der Waals surface area contributed by atoms with Gasteiger partial charge in [0.2, 0.25) is 12.1 Å². The Kier molecular flexibility index (Phi) is 4.14. The van der Waals surface area contributed by atoms with Gasteiger partial charge in [-0.2, -0.15) is 0 Å². The van der Waals surface area contributed by atoms with E-state index in [1.807, 2.05) is 12.3 Å². The monoisotopic (exact) mass is 286 g/mol. The average molecular weight is 286 g/mol. The quantitative estimate of drug-likeness (QED) is 0.904. The van der Waals surface area contributed by atoms with Crippen LogP contribution in [0, 0.1) is 12.8 Å². The topological polar surface area (TPSA) is 70.5 Å².